The van der Waals surface area contributed by atoms with Crippen LogP contribution in [0.25, 0.3) is 0 Å². The fraction of sp³-hybridized carbons (Fsp3) is 0.667. The Kier molecular flexibility index (Phi) is 3.63. The molecule has 0 amide bonds. The summed E-state index contributed by atoms with van der Waals surface area (Å²) in [7, 11) is 2.35. The van der Waals surface area contributed by atoms with Gasteiger partial charge in [-0.2, -0.15) is 0 Å². The Bertz CT molecular complexity index is 516. The van der Waals surface area contributed by atoms with Gasteiger partial charge in [-0.05, 0) is 62.7 Å². The van der Waals surface area contributed by atoms with Crippen molar-refractivity contribution >= 4 is 15.9 Å². The third-order valence-electron chi connectivity index (χ3n) is 6.44. The Balaban J connectivity index is 1.71. The zero-order chi connectivity index (χ0) is 14.4. The summed E-state index contributed by atoms with van der Waals surface area (Å²) in [6.45, 7) is 2.34. The second-order valence-corrected chi connectivity index (χ2v) is 8.20. The number of benzene rings is 1. The van der Waals surface area contributed by atoms with E-state index in [0.29, 0.717) is 11.3 Å². The van der Waals surface area contributed by atoms with Gasteiger partial charge in [0.1, 0.15) is 0 Å². The van der Waals surface area contributed by atoms with E-state index in [1.807, 2.05) is 0 Å². The number of hydrogen-bond acceptors (Lipinski definition) is 2. The Hall–Kier alpha value is -0.380. The van der Waals surface area contributed by atoms with Gasteiger partial charge in [0.2, 0.25) is 0 Å². The largest absolute Gasteiger partial charge is 0.316 e. The van der Waals surface area contributed by atoms with Crippen molar-refractivity contribution in [2.24, 2.45) is 5.41 Å². The molecule has 1 aromatic rings. The van der Waals surface area contributed by atoms with Crippen molar-refractivity contribution in [3.8, 4) is 0 Å². The van der Waals surface area contributed by atoms with Crippen LogP contribution >= 0.6 is 15.9 Å². The van der Waals surface area contributed by atoms with Gasteiger partial charge in [-0.25, -0.2) is 0 Å². The lowest BCUT2D eigenvalue weighted by molar-refractivity contribution is 0.0194. The summed E-state index contributed by atoms with van der Waals surface area (Å²) in [5, 5.41) is 3.66. The number of rotatable bonds is 1. The normalized spacial score (nSPS) is 39.8. The first kappa shape index (κ1) is 14.2. The lowest BCUT2D eigenvalue weighted by Gasteiger charge is -2.52. The third kappa shape index (κ3) is 2.29. The topological polar surface area (TPSA) is 15.3 Å². The number of hydrogen-bond donors (Lipinski definition) is 1. The van der Waals surface area contributed by atoms with Gasteiger partial charge < -0.3 is 10.2 Å². The van der Waals surface area contributed by atoms with E-state index < -0.39 is 0 Å². The van der Waals surface area contributed by atoms with Crippen molar-refractivity contribution in [2.45, 2.75) is 50.1 Å². The van der Waals surface area contributed by atoms with Crippen molar-refractivity contribution in [1.82, 2.24) is 10.2 Å². The predicted octanol–water partition coefficient (Wildman–Crippen LogP) is 3.77. The van der Waals surface area contributed by atoms with Crippen LogP contribution < -0.4 is 5.32 Å². The number of halogens is 1. The van der Waals surface area contributed by atoms with E-state index in [1.54, 1.807) is 0 Å². The van der Waals surface area contributed by atoms with Crippen molar-refractivity contribution in [3.05, 3.63) is 34.3 Å². The molecule has 3 heteroatoms. The van der Waals surface area contributed by atoms with E-state index in [-0.39, 0.29) is 0 Å². The predicted molar refractivity (Wildman–Crippen MR) is 90.6 cm³/mol. The minimum atomic E-state index is 0.521. The molecule has 21 heavy (non-hydrogen) atoms. The minimum absolute atomic E-state index is 0.521. The van der Waals surface area contributed by atoms with Crippen LogP contribution in [-0.2, 0) is 0 Å². The monoisotopic (exact) mass is 348 g/mol. The van der Waals surface area contributed by atoms with Crippen LogP contribution in [0.2, 0.25) is 0 Å². The maximum atomic E-state index is 3.80. The van der Waals surface area contributed by atoms with Gasteiger partial charge >= 0.3 is 0 Å². The molecule has 114 valence electrons. The summed E-state index contributed by atoms with van der Waals surface area (Å²) < 4.78 is 1.30. The first-order valence-corrected chi connectivity index (χ1v) is 9.16. The van der Waals surface area contributed by atoms with Gasteiger partial charge in [0, 0.05) is 29.0 Å². The van der Waals surface area contributed by atoms with Crippen LogP contribution in [0.3, 0.4) is 0 Å². The fourth-order valence-corrected chi connectivity index (χ4v) is 5.83. The standard InChI is InChI=1S/C18H25BrN2/c1-21-13-6-7-14(21)11-18(10-13)8-9-20-12-16(18)15-4-2-3-5-17(15)19/h2-5,13-14,16,20H,6-12H2,1H3. The lowest BCUT2D eigenvalue weighted by Crippen LogP contribution is -2.53. The molecule has 1 N–H and O–H groups in total. The Morgan fingerprint density at radius 2 is 1.90 bits per heavy atom. The fourth-order valence-electron chi connectivity index (χ4n) is 5.26. The highest BCUT2D eigenvalue weighted by Gasteiger charge is 2.51. The number of nitrogens with one attached hydrogen (secondary N) is 1. The van der Waals surface area contributed by atoms with Crippen LogP contribution in [0.15, 0.2) is 28.7 Å². The van der Waals surface area contributed by atoms with E-state index in [1.165, 1.54) is 48.7 Å². The van der Waals surface area contributed by atoms with Gasteiger partial charge in [-0.1, -0.05) is 34.1 Å². The summed E-state index contributed by atoms with van der Waals surface area (Å²) >= 11 is 3.80. The molecule has 2 nitrogen and oxygen atoms in total. The molecule has 0 aliphatic carbocycles. The molecule has 3 heterocycles. The second-order valence-electron chi connectivity index (χ2n) is 7.35. The maximum absolute atomic E-state index is 3.80. The molecule has 0 radical (unpaired) electrons. The maximum Gasteiger partial charge on any atom is 0.0210 e. The van der Waals surface area contributed by atoms with Crippen LogP contribution in [0.5, 0.6) is 0 Å². The zero-order valence-corrected chi connectivity index (χ0v) is 14.4. The SMILES string of the molecule is CN1C2CCC1CC1(CCNCC1c1ccccc1Br)C2. The van der Waals surface area contributed by atoms with Gasteiger partial charge in [-0.3, -0.25) is 0 Å². The van der Waals surface area contributed by atoms with Gasteiger partial charge in [0.25, 0.3) is 0 Å². The number of nitrogens with zero attached hydrogens (tertiary/aromatic N) is 1. The van der Waals surface area contributed by atoms with E-state index in [2.05, 4.69) is 57.5 Å². The highest BCUT2D eigenvalue weighted by atomic mass is 79.9. The number of fused-ring (bicyclic) bond motifs is 2. The molecule has 3 aliphatic heterocycles. The highest BCUT2D eigenvalue weighted by Crippen LogP contribution is 2.55. The molecule has 4 rings (SSSR count). The van der Waals surface area contributed by atoms with Crippen molar-refractivity contribution in [1.29, 1.82) is 0 Å². The molecule has 1 aromatic carbocycles. The van der Waals surface area contributed by atoms with Gasteiger partial charge in [0.05, 0.1) is 0 Å². The molecule has 3 fully saturated rings. The molecular formula is C18H25BrN2. The summed E-state index contributed by atoms with van der Waals surface area (Å²) in [6.07, 6.45) is 6.97. The quantitative estimate of drug-likeness (QED) is 0.830. The molecule has 3 saturated heterocycles. The molecule has 0 aromatic heterocycles. The van der Waals surface area contributed by atoms with E-state index in [4.69, 9.17) is 0 Å². The van der Waals surface area contributed by atoms with Crippen molar-refractivity contribution < 1.29 is 0 Å². The smallest absolute Gasteiger partial charge is 0.0210 e. The Morgan fingerprint density at radius 3 is 2.62 bits per heavy atom. The van der Waals surface area contributed by atoms with Gasteiger partial charge in [-0.15, -0.1) is 0 Å². The summed E-state index contributed by atoms with van der Waals surface area (Å²) in [6, 6.07) is 10.5. The molecule has 3 atom stereocenters. The molecule has 1 spiro atoms. The minimum Gasteiger partial charge on any atom is -0.316 e. The third-order valence-corrected chi connectivity index (χ3v) is 7.16. The Morgan fingerprint density at radius 1 is 1.19 bits per heavy atom. The second kappa shape index (κ2) is 5.36. The molecule has 2 bridgehead atoms. The van der Waals surface area contributed by atoms with Crippen molar-refractivity contribution in [2.75, 3.05) is 20.1 Å². The molecule has 0 saturated carbocycles. The average molecular weight is 349 g/mol. The van der Waals surface area contributed by atoms with Crippen molar-refractivity contribution in [3.63, 3.8) is 0 Å². The molecular weight excluding hydrogens is 324 g/mol. The van der Waals surface area contributed by atoms with Crippen LogP contribution in [0.4, 0.5) is 0 Å². The average Bonchev–Trinajstić information content (AvgIpc) is 2.72. The van der Waals surface area contributed by atoms with E-state index >= 15 is 0 Å². The lowest BCUT2D eigenvalue weighted by atomic mass is 9.61. The zero-order valence-electron chi connectivity index (χ0n) is 12.8. The van der Waals surface area contributed by atoms with Crippen LogP contribution in [0.1, 0.15) is 43.6 Å². The van der Waals surface area contributed by atoms with Crippen LogP contribution in [0, 0.1) is 5.41 Å². The molecule has 3 aliphatic rings. The van der Waals surface area contributed by atoms with E-state index in [0.717, 1.165) is 18.6 Å². The van der Waals surface area contributed by atoms with Gasteiger partial charge in [0.15, 0.2) is 0 Å². The van der Waals surface area contributed by atoms with Crippen LogP contribution in [-0.4, -0.2) is 37.1 Å². The summed E-state index contributed by atoms with van der Waals surface area (Å²) in [5.41, 5.74) is 2.04. The Labute approximate surface area is 136 Å². The first-order valence-electron chi connectivity index (χ1n) is 8.37. The first-order chi connectivity index (χ1) is 10.2. The molecule has 3 unspecified atom stereocenters. The summed E-state index contributed by atoms with van der Waals surface area (Å²) in [5.74, 6) is 0.665. The van der Waals surface area contributed by atoms with E-state index in [9.17, 15) is 0 Å². The summed E-state index contributed by atoms with van der Waals surface area (Å²) in [4.78, 5) is 2.67. The number of piperidine rings is 2. The highest BCUT2D eigenvalue weighted by molar-refractivity contribution is 9.10.